The van der Waals surface area contributed by atoms with Gasteiger partial charge in [0.25, 0.3) is 15.9 Å². The van der Waals surface area contributed by atoms with Gasteiger partial charge in [-0.2, -0.15) is 0 Å². The Bertz CT molecular complexity index is 1230. The minimum atomic E-state index is -4.03. The molecule has 1 aliphatic rings. The number of pyridine rings is 1. The summed E-state index contributed by atoms with van der Waals surface area (Å²) in [6, 6.07) is 11.8. The normalized spacial score (nSPS) is 13.0. The summed E-state index contributed by atoms with van der Waals surface area (Å²) in [5.41, 5.74) is 2.36. The van der Waals surface area contributed by atoms with Crippen molar-refractivity contribution in [2.24, 2.45) is 0 Å². The summed E-state index contributed by atoms with van der Waals surface area (Å²) < 4.78 is 47.2. The molecule has 1 aromatic heterocycles. The van der Waals surface area contributed by atoms with Crippen LogP contribution >= 0.6 is 0 Å². The molecule has 2 heterocycles. The zero-order valence-corrected chi connectivity index (χ0v) is 17.5. The highest BCUT2D eigenvalue weighted by Crippen LogP contribution is 2.33. The van der Waals surface area contributed by atoms with Crippen LogP contribution < -0.4 is 14.4 Å². The SMILES string of the molecule is CCOc1ccc(S(=O)(=O)Nc2ccc3c(c2)N(C(=O)c2ccncc2)CC3)cc1F. The van der Waals surface area contributed by atoms with Crippen LogP contribution in [0.2, 0.25) is 0 Å². The highest BCUT2D eigenvalue weighted by molar-refractivity contribution is 7.92. The number of amides is 1. The van der Waals surface area contributed by atoms with E-state index < -0.39 is 15.8 Å². The number of carbonyl (C=O) groups is 1. The van der Waals surface area contributed by atoms with E-state index in [-0.39, 0.29) is 28.8 Å². The van der Waals surface area contributed by atoms with E-state index in [0.29, 0.717) is 24.2 Å². The van der Waals surface area contributed by atoms with Crippen molar-refractivity contribution in [1.29, 1.82) is 0 Å². The van der Waals surface area contributed by atoms with Crippen LogP contribution in [-0.2, 0) is 16.4 Å². The Morgan fingerprint density at radius 1 is 1.16 bits per heavy atom. The van der Waals surface area contributed by atoms with Crippen molar-refractivity contribution in [1.82, 2.24) is 4.98 Å². The monoisotopic (exact) mass is 441 g/mol. The average Bonchev–Trinajstić information content (AvgIpc) is 3.18. The second kappa shape index (κ2) is 8.35. The van der Waals surface area contributed by atoms with Crippen LogP contribution in [0.5, 0.6) is 5.75 Å². The lowest BCUT2D eigenvalue weighted by Gasteiger charge is -2.18. The third-order valence-electron chi connectivity index (χ3n) is 4.92. The van der Waals surface area contributed by atoms with E-state index in [4.69, 9.17) is 4.74 Å². The van der Waals surface area contributed by atoms with E-state index in [1.807, 2.05) is 0 Å². The van der Waals surface area contributed by atoms with Crippen molar-refractivity contribution in [2.45, 2.75) is 18.2 Å². The van der Waals surface area contributed by atoms with E-state index in [1.54, 1.807) is 54.5 Å². The second-order valence-electron chi connectivity index (χ2n) is 6.92. The minimum Gasteiger partial charge on any atom is -0.491 e. The van der Waals surface area contributed by atoms with Crippen LogP contribution in [-0.4, -0.2) is 32.5 Å². The van der Waals surface area contributed by atoms with Crippen LogP contribution in [0.1, 0.15) is 22.8 Å². The van der Waals surface area contributed by atoms with Gasteiger partial charge in [-0.25, -0.2) is 12.8 Å². The number of carbonyl (C=O) groups excluding carboxylic acids is 1. The first-order valence-electron chi connectivity index (χ1n) is 9.69. The Morgan fingerprint density at radius 2 is 1.94 bits per heavy atom. The van der Waals surface area contributed by atoms with Gasteiger partial charge in [0.1, 0.15) is 0 Å². The molecule has 0 saturated carbocycles. The van der Waals surface area contributed by atoms with E-state index in [2.05, 4.69) is 9.71 Å². The molecule has 0 unspecified atom stereocenters. The topological polar surface area (TPSA) is 88.6 Å². The van der Waals surface area contributed by atoms with E-state index in [1.165, 1.54) is 12.1 Å². The molecule has 2 aromatic carbocycles. The molecule has 0 spiro atoms. The summed E-state index contributed by atoms with van der Waals surface area (Å²) in [6.07, 6.45) is 3.76. The van der Waals surface area contributed by atoms with Crippen molar-refractivity contribution in [3.8, 4) is 5.75 Å². The highest BCUT2D eigenvalue weighted by atomic mass is 32.2. The number of halogens is 1. The lowest BCUT2D eigenvalue weighted by molar-refractivity contribution is 0.0989. The number of sulfonamides is 1. The first kappa shape index (κ1) is 20.8. The Balaban J connectivity index is 1.59. The van der Waals surface area contributed by atoms with Gasteiger partial charge in [-0.15, -0.1) is 0 Å². The summed E-state index contributed by atoms with van der Waals surface area (Å²) in [7, 11) is -4.03. The zero-order chi connectivity index (χ0) is 22.0. The minimum absolute atomic E-state index is 0.00996. The van der Waals surface area contributed by atoms with Crippen LogP contribution in [0.3, 0.4) is 0 Å². The van der Waals surface area contributed by atoms with Gasteiger partial charge in [0.05, 0.1) is 17.2 Å². The molecule has 1 aliphatic heterocycles. The number of rotatable bonds is 6. The lowest BCUT2D eigenvalue weighted by Crippen LogP contribution is -2.28. The summed E-state index contributed by atoms with van der Waals surface area (Å²) in [5.74, 6) is -0.952. The van der Waals surface area contributed by atoms with Crippen molar-refractivity contribution in [2.75, 3.05) is 22.8 Å². The standard InChI is InChI=1S/C22H20FN3O4S/c1-2-30-21-6-5-18(14-19(21)23)31(28,29)25-17-4-3-15-9-12-26(20(15)13-17)22(27)16-7-10-24-11-8-16/h3-8,10-11,13-14,25H,2,9,12H2,1H3. The molecule has 0 bridgehead atoms. The van der Waals surface area contributed by atoms with Crippen LogP contribution in [0.25, 0.3) is 0 Å². The number of hydrogen-bond donors (Lipinski definition) is 1. The van der Waals surface area contributed by atoms with Crippen LogP contribution in [0.4, 0.5) is 15.8 Å². The van der Waals surface area contributed by atoms with Crippen molar-refractivity contribution in [3.05, 3.63) is 77.9 Å². The Morgan fingerprint density at radius 3 is 2.65 bits per heavy atom. The first-order chi connectivity index (χ1) is 14.9. The molecular formula is C22H20FN3O4S. The fraction of sp³-hybridized carbons (Fsp3) is 0.182. The van der Waals surface area contributed by atoms with Gasteiger partial charge in [0.2, 0.25) is 0 Å². The molecule has 3 aromatic rings. The number of fused-ring (bicyclic) bond motifs is 1. The average molecular weight is 441 g/mol. The molecule has 1 amide bonds. The largest absolute Gasteiger partial charge is 0.491 e. The summed E-state index contributed by atoms with van der Waals surface area (Å²) in [4.78, 5) is 18.2. The number of aromatic nitrogens is 1. The van der Waals surface area contributed by atoms with Crippen LogP contribution in [0, 0.1) is 5.82 Å². The number of anilines is 2. The van der Waals surface area contributed by atoms with Gasteiger partial charge >= 0.3 is 0 Å². The molecule has 0 atom stereocenters. The molecule has 0 fully saturated rings. The van der Waals surface area contributed by atoms with Gasteiger partial charge in [-0.3, -0.25) is 14.5 Å². The third kappa shape index (κ3) is 4.22. The predicted octanol–water partition coefficient (Wildman–Crippen LogP) is 3.62. The summed E-state index contributed by atoms with van der Waals surface area (Å²) in [5, 5.41) is 0. The van der Waals surface area contributed by atoms with E-state index in [0.717, 1.165) is 11.6 Å². The lowest BCUT2D eigenvalue weighted by atomic mass is 10.1. The van der Waals surface area contributed by atoms with Crippen molar-refractivity contribution in [3.63, 3.8) is 0 Å². The maximum atomic E-state index is 14.1. The Labute approximate surface area is 179 Å². The number of ether oxygens (including phenoxy) is 1. The van der Waals surface area contributed by atoms with E-state index >= 15 is 0 Å². The molecule has 31 heavy (non-hydrogen) atoms. The van der Waals surface area contributed by atoms with E-state index in [9.17, 15) is 17.6 Å². The number of benzene rings is 2. The van der Waals surface area contributed by atoms with Gasteiger partial charge in [-0.1, -0.05) is 6.07 Å². The Hall–Kier alpha value is -3.46. The Kier molecular flexibility index (Phi) is 5.60. The highest BCUT2D eigenvalue weighted by Gasteiger charge is 2.26. The second-order valence-corrected chi connectivity index (χ2v) is 8.60. The molecule has 1 N–H and O–H groups in total. The number of nitrogens with zero attached hydrogens (tertiary/aromatic N) is 2. The molecular weight excluding hydrogens is 421 g/mol. The van der Waals surface area contributed by atoms with Crippen molar-refractivity contribution >= 4 is 27.3 Å². The summed E-state index contributed by atoms with van der Waals surface area (Å²) >= 11 is 0. The maximum absolute atomic E-state index is 14.1. The predicted molar refractivity (Wildman–Crippen MR) is 114 cm³/mol. The van der Waals surface area contributed by atoms with Gasteiger partial charge in [-0.05, 0) is 61.4 Å². The fourth-order valence-corrected chi connectivity index (χ4v) is 4.50. The summed E-state index contributed by atoms with van der Waals surface area (Å²) in [6.45, 7) is 2.48. The molecule has 4 rings (SSSR count). The molecule has 0 aliphatic carbocycles. The molecule has 0 radical (unpaired) electrons. The number of nitrogens with one attached hydrogen (secondary N) is 1. The van der Waals surface area contributed by atoms with Gasteiger partial charge in [0.15, 0.2) is 11.6 Å². The zero-order valence-electron chi connectivity index (χ0n) is 16.7. The quantitative estimate of drug-likeness (QED) is 0.631. The fourth-order valence-electron chi connectivity index (χ4n) is 3.44. The van der Waals surface area contributed by atoms with Crippen molar-refractivity contribution < 1.29 is 22.3 Å². The van der Waals surface area contributed by atoms with Gasteiger partial charge in [0, 0.05) is 30.2 Å². The molecule has 9 heteroatoms. The molecule has 7 nitrogen and oxygen atoms in total. The third-order valence-corrected chi connectivity index (χ3v) is 6.30. The number of hydrogen-bond acceptors (Lipinski definition) is 5. The van der Waals surface area contributed by atoms with Crippen LogP contribution in [0.15, 0.2) is 65.8 Å². The smallest absolute Gasteiger partial charge is 0.262 e. The van der Waals surface area contributed by atoms with Gasteiger partial charge < -0.3 is 9.64 Å². The molecule has 0 saturated heterocycles. The maximum Gasteiger partial charge on any atom is 0.262 e. The molecule has 160 valence electrons. The first-order valence-corrected chi connectivity index (χ1v) is 11.2.